The Labute approximate surface area is 160 Å². The van der Waals surface area contributed by atoms with Crippen LogP contribution in [0.25, 0.3) is 16.9 Å². The number of benzene rings is 2. The molecule has 0 amide bonds. The maximum Gasteiger partial charge on any atom is 0.431 e. The zero-order valence-electron chi connectivity index (χ0n) is 14.4. The van der Waals surface area contributed by atoms with E-state index in [1.807, 2.05) is 0 Å². The first-order valence-corrected chi connectivity index (χ1v) is 8.31. The van der Waals surface area contributed by atoms with Gasteiger partial charge in [-0.05, 0) is 48.5 Å². The highest BCUT2D eigenvalue weighted by molar-refractivity contribution is 5.80. The summed E-state index contributed by atoms with van der Waals surface area (Å²) in [5, 5.41) is 2.75. The van der Waals surface area contributed by atoms with Crippen molar-refractivity contribution >= 4 is 17.2 Å². The van der Waals surface area contributed by atoms with E-state index in [-0.39, 0.29) is 28.4 Å². The summed E-state index contributed by atoms with van der Waals surface area (Å²) in [7, 11) is 0. The molecule has 0 spiro atoms. The van der Waals surface area contributed by atoms with Crippen LogP contribution >= 0.6 is 0 Å². The Morgan fingerprint density at radius 2 is 1.52 bits per heavy atom. The molecule has 0 aliphatic carbocycles. The molecule has 0 unspecified atom stereocenters. The van der Waals surface area contributed by atoms with Crippen molar-refractivity contribution in [2.24, 2.45) is 0 Å². The predicted molar refractivity (Wildman–Crippen MR) is 95.2 cm³/mol. The summed E-state index contributed by atoms with van der Waals surface area (Å²) in [5.41, 5.74) is -1.21. The third-order valence-corrected chi connectivity index (χ3v) is 4.23. The quantitative estimate of drug-likeness (QED) is 0.411. The molecule has 0 radical (unpaired) electrons. The average Bonchev–Trinajstić information content (AvgIpc) is 3.01. The Morgan fingerprint density at radius 1 is 0.828 bits per heavy atom. The van der Waals surface area contributed by atoms with Crippen LogP contribution < -0.4 is 5.32 Å². The summed E-state index contributed by atoms with van der Waals surface area (Å²) in [6, 6.07) is 10.9. The standard InChI is InChI=1S/C20H11F6N3/c21-11-4-7-13(8-5-11)27-19-18(14-9-6-12(22)10-15(14)23)28-17-3-1-2-16(29(17)19)20(24,25)26/h1-10,27H. The topological polar surface area (TPSA) is 29.3 Å². The van der Waals surface area contributed by atoms with Crippen LogP contribution in [0.5, 0.6) is 0 Å². The minimum atomic E-state index is -4.72. The van der Waals surface area contributed by atoms with Gasteiger partial charge in [0.05, 0.1) is 0 Å². The number of hydrogen-bond donors (Lipinski definition) is 1. The van der Waals surface area contributed by atoms with Gasteiger partial charge in [0.25, 0.3) is 0 Å². The van der Waals surface area contributed by atoms with Gasteiger partial charge in [-0.3, -0.25) is 4.40 Å². The van der Waals surface area contributed by atoms with Gasteiger partial charge in [0.2, 0.25) is 0 Å². The third-order valence-electron chi connectivity index (χ3n) is 4.23. The minimum absolute atomic E-state index is 0.0943. The molecule has 4 rings (SSSR count). The zero-order chi connectivity index (χ0) is 20.8. The smallest absolute Gasteiger partial charge is 0.339 e. The van der Waals surface area contributed by atoms with Crippen LogP contribution in [0, 0.1) is 17.5 Å². The van der Waals surface area contributed by atoms with Crippen LogP contribution in [0.4, 0.5) is 37.8 Å². The third kappa shape index (κ3) is 3.51. The normalized spacial score (nSPS) is 11.8. The highest BCUT2D eigenvalue weighted by Gasteiger charge is 2.35. The number of nitrogens with one attached hydrogen (secondary N) is 1. The minimum Gasteiger partial charge on any atom is -0.339 e. The van der Waals surface area contributed by atoms with E-state index < -0.39 is 29.3 Å². The van der Waals surface area contributed by atoms with Crippen molar-refractivity contribution in [2.45, 2.75) is 6.18 Å². The Bertz CT molecular complexity index is 1200. The number of alkyl halides is 3. The first-order chi connectivity index (χ1) is 13.7. The summed E-state index contributed by atoms with van der Waals surface area (Å²) in [6.07, 6.45) is -4.72. The van der Waals surface area contributed by atoms with Crippen LogP contribution in [-0.2, 0) is 6.18 Å². The van der Waals surface area contributed by atoms with Crippen molar-refractivity contribution in [3.8, 4) is 11.3 Å². The van der Waals surface area contributed by atoms with E-state index in [4.69, 9.17) is 0 Å². The Kier molecular flexibility index (Phi) is 4.45. The molecule has 0 aliphatic heterocycles. The summed E-state index contributed by atoms with van der Waals surface area (Å²) >= 11 is 0. The van der Waals surface area contributed by atoms with Gasteiger partial charge in [-0.15, -0.1) is 0 Å². The molecule has 3 nitrogen and oxygen atoms in total. The number of halogens is 6. The lowest BCUT2D eigenvalue weighted by Gasteiger charge is -2.14. The second-order valence-corrected chi connectivity index (χ2v) is 6.17. The average molecular weight is 407 g/mol. The lowest BCUT2D eigenvalue weighted by molar-refractivity contribution is -0.141. The fourth-order valence-corrected chi connectivity index (χ4v) is 2.97. The van der Waals surface area contributed by atoms with Gasteiger partial charge in [-0.25, -0.2) is 18.2 Å². The second-order valence-electron chi connectivity index (χ2n) is 6.17. The lowest BCUT2D eigenvalue weighted by atomic mass is 10.1. The second kappa shape index (κ2) is 6.84. The molecule has 0 fully saturated rings. The number of hydrogen-bond acceptors (Lipinski definition) is 2. The van der Waals surface area contributed by atoms with Crippen molar-refractivity contribution in [1.82, 2.24) is 9.38 Å². The van der Waals surface area contributed by atoms with Gasteiger partial charge < -0.3 is 5.32 Å². The maximum atomic E-state index is 14.4. The molecule has 4 aromatic rings. The van der Waals surface area contributed by atoms with E-state index in [2.05, 4.69) is 10.3 Å². The summed E-state index contributed by atoms with van der Waals surface area (Å²) in [5.74, 6) is -2.54. The highest BCUT2D eigenvalue weighted by Crippen LogP contribution is 2.37. The van der Waals surface area contributed by atoms with Crippen LogP contribution in [0.3, 0.4) is 0 Å². The lowest BCUT2D eigenvalue weighted by Crippen LogP contribution is -2.12. The van der Waals surface area contributed by atoms with E-state index in [0.717, 1.165) is 34.7 Å². The monoisotopic (exact) mass is 407 g/mol. The first kappa shape index (κ1) is 18.9. The summed E-state index contributed by atoms with van der Waals surface area (Å²) in [4.78, 5) is 4.13. The molecule has 29 heavy (non-hydrogen) atoms. The molecule has 0 aliphatic rings. The van der Waals surface area contributed by atoms with E-state index in [0.29, 0.717) is 6.07 Å². The maximum absolute atomic E-state index is 14.4. The number of anilines is 2. The van der Waals surface area contributed by atoms with E-state index >= 15 is 0 Å². The molecule has 0 atom stereocenters. The Balaban J connectivity index is 2.01. The molecule has 1 N–H and O–H groups in total. The largest absolute Gasteiger partial charge is 0.431 e. The highest BCUT2D eigenvalue weighted by atomic mass is 19.4. The van der Waals surface area contributed by atoms with Crippen LogP contribution in [0.15, 0.2) is 60.7 Å². The van der Waals surface area contributed by atoms with Crippen molar-refractivity contribution in [2.75, 3.05) is 5.32 Å². The van der Waals surface area contributed by atoms with Gasteiger partial charge in [0.15, 0.2) is 0 Å². The van der Waals surface area contributed by atoms with Crippen molar-refractivity contribution in [1.29, 1.82) is 0 Å². The molecular weight excluding hydrogens is 396 g/mol. The van der Waals surface area contributed by atoms with Gasteiger partial charge >= 0.3 is 6.18 Å². The van der Waals surface area contributed by atoms with Gasteiger partial charge in [-0.1, -0.05) is 6.07 Å². The Morgan fingerprint density at radius 3 is 2.17 bits per heavy atom. The van der Waals surface area contributed by atoms with Crippen LogP contribution in [-0.4, -0.2) is 9.38 Å². The van der Waals surface area contributed by atoms with Crippen molar-refractivity contribution in [3.05, 3.63) is 83.8 Å². The number of imidazole rings is 1. The summed E-state index contributed by atoms with van der Waals surface area (Å²) in [6.45, 7) is 0. The molecule has 9 heteroatoms. The van der Waals surface area contributed by atoms with E-state index in [1.54, 1.807) is 0 Å². The zero-order valence-corrected chi connectivity index (χ0v) is 14.4. The predicted octanol–water partition coefficient (Wildman–Crippen LogP) is 6.18. The van der Waals surface area contributed by atoms with Crippen LogP contribution in [0.2, 0.25) is 0 Å². The van der Waals surface area contributed by atoms with Crippen molar-refractivity contribution in [3.63, 3.8) is 0 Å². The molecule has 2 aromatic heterocycles. The van der Waals surface area contributed by atoms with E-state index in [1.165, 1.54) is 24.3 Å². The molecule has 2 heterocycles. The fraction of sp³-hybridized carbons (Fsp3) is 0.0500. The molecule has 148 valence electrons. The number of pyridine rings is 1. The van der Waals surface area contributed by atoms with E-state index in [9.17, 15) is 26.3 Å². The number of rotatable bonds is 3. The number of aromatic nitrogens is 2. The van der Waals surface area contributed by atoms with Crippen LogP contribution in [0.1, 0.15) is 5.69 Å². The van der Waals surface area contributed by atoms with Gasteiger partial charge in [0, 0.05) is 17.3 Å². The SMILES string of the molecule is Fc1ccc(Nc2c(-c3ccc(F)cc3F)nc3cccc(C(F)(F)F)n23)cc1. The first-order valence-electron chi connectivity index (χ1n) is 8.31. The summed E-state index contributed by atoms with van der Waals surface area (Å²) < 4.78 is 82.4. The molecule has 0 bridgehead atoms. The van der Waals surface area contributed by atoms with Crippen molar-refractivity contribution < 1.29 is 26.3 Å². The molecule has 0 saturated heterocycles. The Hall–Kier alpha value is -3.49. The molecule has 2 aromatic carbocycles. The number of fused-ring (bicyclic) bond motifs is 1. The molecular formula is C20H11F6N3. The van der Waals surface area contributed by atoms with Gasteiger partial charge in [-0.2, -0.15) is 13.2 Å². The van der Waals surface area contributed by atoms with Gasteiger partial charge in [0.1, 0.15) is 40.3 Å². The number of nitrogens with zero attached hydrogens (tertiary/aromatic N) is 2. The molecule has 0 saturated carbocycles. The fourth-order valence-electron chi connectivity index (χ4n) is 2.97.